The lowest BCUT2D eigenvalue weighted by atomic mass is 9.86. The Bertz CT molecular complexity index is 10900. The van der Waals surface area contributed by atoms with Crippen molar-refractivity contribution in [3.8, 4) is 56.4 Å². The van der Waals surface area contributed by atoms with Crippen molar-refractivity contribution in [2.45, 2.75) is 40.0 Å². The van der Waals surface area contributed by atoms with Gasteiger partial charge in [0.15, 0.2) is 22.3 Å². The van der Waals surface area contributed by atoms with Gasteiger partial charge in [0.25, 0.3) is 0 Å². The minimum atomic E-state index is 0.0961. The zero-order chi connectivity index (χ0) is 98.3. The number of nitrogens with zero attached hydrogens (tertiary/aromatic N) is 6. The largest absolute Gasteiger partial charge is 0.454 e. The smallest absolute Gasteiger partial charge is 0.160 e. The van der Waals surface area contributed by atoms with Gasteiger partial charge in [0.1, 0.15) is 22.3 Å². The fourth-order valence-corrected chi connectivity index (χ4v) is 23.6. The second-order valence-electron chi connectivity index (χ2n) is 40.2. The summed E-state index contributed by atoms with van der Waals surface area (Å²) in [6.45, 7) is 11.1. The van der Waals surface area contributed by atoms with Gasteiger partial charge in [-0.1, -0.05) is 311 Å². The Morgan fingerprint density at radius 1 is 0.155 bits per heavy atom. The minimum absolute atomic E-state index is 0.0961. The summed E-state index contributed by atoms with van der Waals surface area (Å²) in [6, 6.07) is 171. The summed E-state index contributed by atoms with van der Waals surface area (Å²) < 4.78 is 40.1. The highest BCUT2D eigenvalue weighted by Crippen LogP contribution is 2.49. The predicted octanol–water partition coefficient (Wildman–Crippen LogP) is 38.2. The van der Waals surface area contributed by atoms with Crippen molar-refractivity contribution < 1.29 is 17.7 Å². The van der Waals surface area contributed by atoms with Gasteiger partial charge in [-0.15, -0.1) is 0 Å². The van der Waals surface area contributed by atoms with Crippen LogP contribution in [0.15, 0.2) is 497 Å². The maximum Gasteiger partial charge on any atom is 0.160 e. The SMILES string of the molecule is CC(C)(C)c1ccc2c(c1)c1ccc3c4ccccc4oc3c1n2-c1ccccc1.Cc1ccc2c(c1)c1ccc3c4ccccc4oc3c1n2-c1ccccc1.Cc1ccc2c(c1)c1ccccc1n2-c1ccc(-c2ccc3c(c2)c2ccc4c5ccccc5oc4c2n3-c2ccccc2)cc1.c1ccc(-n2c3ccc(-c4ccc(-n5c6ccccc6c6ccccc65)cc4)cc3c3ccc4c5ccccc5oc4c32)cc1. The third-order valence-corrected chi connectivity index (χ3v) is 30.5. The number of aromatic nitrogens is 6. The van der Waals surface area contributed by atoms with Crippen molar-refractivity contribution in [3.05, 3.63) is 496 Å². The molecular weight excluding hydrogens is 1810 g/mol. The third-order valence-electron chi connectivity index (χ3n) is 30.5. The van der Waals surface area contributed by atoms with Crippen LogP contribution in [0.2, 0.25) is 0 Å². The molecule has 0 aliphatic rings. The van der Waals surface area contributed by atoms with E-state index in [1.807, 2.05) is 36.4 Å². The maximum atomic E-state index is 6.57. The Hall–Kier alpha value is -19.2. The standard InChI is InChI=1S/C43H28N2O.C42H26N2O.C28H23NO.C25H17NO/c1-27-15-23-39-36(25-27)32-11-5-7-13-38(32)44(39)31-19-16-28(17-20-31)29-18-24-40-37(26-29)34-21-22-35-33-12-6-8-14-41(33)46-43(35)42(34)45(40)30-9-3-2-4-10-30;1-2-10-29(11-3-1)44-39-25-20-28(26-36(39)34-23-24-35-33-14-6-9-17-40(33)45-42(35)41(34)44)27-18-21-30(22-19-27)43-37-15-7-4-12-31(37)32-13-5-8-16-38(32)43;1-28(2,3)18-13-16-24-23(17-18)21-14-15-22-20-11-7-8-12-25(20)30-27(22)26(21)29(24)19-9-5-4-6-10-19;1-16-11-14-22-21(15-16)19-12-13-20-18-9-5-6-10-23(18)27-25(20)24(19)26(22)17-7-3-2-4-8-17/h2-26H,1H3;1-26H;4-17H,1-3H3;2-15H,1H3. The molecule has 700 valence electrons. The number of para-hydroxylation sites is 11. The quantitative estimate of drug-likeness (QED) is 0.152. The lowest BCUT2D eigenvalue weighted by Crippen LogP contribution is -2.10. The molecule has 148 heavy (non-hydrogen) atoms. The van der Waals surface area contributed by atoms with Gasteiger partial charge >= 0.3 is 0 Å². The molecule has 22 aromatic carbocycles. The number of benzene rings is 22. The average molecular weight is 1900 g/mol. The van der Waals surface area contributed by atoms with E-state index in [4.69, 9.17) is 17.7 Å². The molecule has 0 spiro atoms. The molecule has 0 saturated heterocycles. The van der Waals surface area contributed by atoms with Crippen LogP contribution < -0.4 is 0 Å². The van der Waals surface area contributed by atoms with Crippen LogP contribution in [0.1, 0.15) is 37.5 Å². The molecule has 0 amide bonds. The van der Waals surface area contributed by atoms with Crippen LogP contribution in [0.25, 0.3) is 275 Å². The number of aryl methyl sites for hydroxylation is 2. The van der Waals surface area contributed by atoms with Crippen molar-refractivity contribution >= 4 is 219 Å². The molecule has 0 unspecified atom stereocenters. The Morgan fingerprint density at radius 2 is 0.378 bits per heavy atom. The Balaban J connectivity index is 0.0000000953. The number of hydrogen-bond acceptors (Lipinski definition) is 4. The van der Waals surface area contributed by atoms with Crippen molar-refractivity contribution in [3.63, 3.8) is 0 Å². The summed E-state index contributed by atoms with van der Waals surface area (Å²) in [6.07, 6.45) is 0. The molecule has 10 nitrogen and oxygen atoms in total. The normalized spacial score (nSPS) is 12.1. The molecular formula is C138H94N6O4. The summed E-state index contributed by atoms with van der Waals surface area (Å²) in [5.41, 5.74) is 37.1. The lowest BCUT2D eigenvalue weighted by molar-refractivity contribution is 0.591. The van der Waals surface area contributed by atoms with Gasteiger partial charge in [0.05, 0.1) is 66.2 Å². The summed E-state index contributed by atoms with van der Waals surface area (Å²) in [5, 5.41) is 24.1. The molecule has 10 aromatic heterocycles. The lowest BCUT2D eigenvalue weighted by Gasteiger charge is -2.19. The highest BCUT2D eigenvalue weighted by atomic mass is 16.3. The van der Waals surface area contributed by atoms with Gasteiger partial charge in [0, 0.05) is 142 Å². The Kier molecular flexibility index (Phi) is 19.5. The van der Waals surface area contributed by atoms with Crippen LogP contribution in [0, 0.1) is 13.8 Å². The van der Waals surface area contributed by atoms with E-state index in [-0.39, 0.29) is 5.41 Å². The van der Waals surface area contributed by atoms with Crippen LogP contribution in [-0.2, 0) is 5.41 Å². The molecule has 0 aliphatic heterocycles. The first-order valence-corrected chi connectivity index (χ1v) is 50.8. The molecule has 32 aromatic rings. The molecule has 10 heterocycles. The molecule has 32 rings (SSSR count). The molecule has 0 saturated carbocycles. The predicted molar refractivity (Wildman–Crippen MR) is 620 cm³/mol. The summed E-state index contributed by atoms with van der Waals surface area (Å²) in [7, 11) is 0. The summed E-state index contributed by atoms with van der Waals surface area (Å²) in [5.74, 6) is 0. The Morgan fingerprint density at radius 3 is 0.696 bits per heavy atom. The van der Waals surface area contributed by atoms with E-state index in [0.29, 0.717) is 0 Å². The van der Waals surface area contributed by atoms with Gasteiger partial charge in [-0.05, 0) is 247 Å². The highest BCUT2D eigenvalue weighted by molar-refractivity contribution is 6.27. The van der Waals surface area contributed by atoms with Crippen LogP contribution >= 0.6 is 0 Å². The van der Waals surface area contributed by atoms with Crippen LogP contribution in [-0.4, -0.2) is 27.4 Å². The molecule has 0 bridgehead atoms. The molecule has 0 aliphatic carbocycles. The van der Waals surface area contributed by atoms with E-state index >= 15 is 0 Å². The maximum absolute atomic E-state index is 6.57. The van der Waals surface area contributed by atoms with E-state index in [2.05, 4.69) is 505 Å². The van der Waals surface area contributed by atoms with Crippen molar-refractivity contribution in [1.29, 1.82) is 0 Å². The molecule has 0 radical (unpaired) electrons. The summed E-state index contributed by atoms with van der Waals surface area (Å²) in [4.78, 5) is 0. The van der Waals surface area contributed by atoms with Crippen molar-refractivity contribution in [2.75, 3.05) is 0 Å². The number of fused-ring (bicyclic) bond motifs is 34. The second-order valence-corrected chi connectivity index (χ2v) is 40.2. The van der Waals surface area contributed by atoms with E-state index in [9.17, 15) is 0 Å². The first kappa shape index (κ1) is 85.6. The van der Waals surface area contributed by atoms with E-state index in [0.717, 1.165) is 155 Å². The van der Waals surface area contributed by atoms with Gasteiger partial charge in [-0.25, -0.2) is 0 Å². The number of hydrogen-bond donors (Lipinski definition) is 0. The first-order valence-electron chi connectivity index (χ1n) is 50.8. The minimum Gasteiger partial charge on any atom is -0.454 e. The van der Waals surface area contributed by atoms with Crippen LogP contribution in [0.3, 0.4) is 0 Å². The second kappa shape index (κ2) is 33.8. The fourth-order valence-electron chi connectivity index (χ4n) is 23.6. The van der Waals surface area contributed by atoms with E-state index < -0.39 is 0 Å². The molecule has 10 heteroatoms. The molecule has 0 fully saturated rings. The third kappa shape index (κ3) is 13.6. The van der Waals surface area contributed by atoms with Gasteiger partial charge in [0.2, 0.25) is 0 Å². The Labute approximate surface area is 850 Å². The average Bonchev–Trinajstić information content (AvgIpc) is 1.56. The van der Waals surface area contributed by atoms with Gasteiger partial charge in [-0.3, -0.25) is 0 Å². The van der Waals surface area contributed by atoms with Crippen molar-refractivity contribution in [2.24, 2.45) is 0 Å². The van der Waals surface area contributed by atoms with Crippen molar-refractivity contribution in [1.82, 2.24) is 27.4 Å². The molecule has 0 atom stereocenters. The highest BCUT2D eigenvalue weighted by Gasteiger charge is 2.28. The number of furan rings is 4. The first-order chi connectivity index (χ1) is 72.9. The summed E-state index contributed by atoms with van der Waals surface area (Å²) >= 11 is 0. The fraction of sp³-hybridized carbons (Fsp3) is 0.0435. The number of rotatable bonds is 8. The van der Waals surface area contributed by atoms with Gasteiger partial charge < -0.3 is 45.1 Å². The van der Waals surface area contributed by atoms with Crippen LogP contribution in [0.4, 0.5) is 0 Å². The van der Waals surface area contributed by atoms with E-state index in [1.54, 1.807) is 0 Å². The zero-order valence-electron chi connectivity index (χ0n) is 81.9. The topological polar surface area (TPSA) is 82.1 Å². The van der Waals surface area contributed by atoms with Gasteiger partial charge in [-0.2, -0.15) is 0 Å². The van der Waals surface area contributed by atoms with Crippen LogP contribution in [0.5, 0.6) is 0 Å². The zero-order valence-corrected chi connectivity index (χ0v) is 81.9. The monoisotopic (exact) mass is 1900 g/mol. The molecule has 0 N–H and O–H groups in total. The van der Waals surface area contributed by atoms with E-state index in [1.165, 1.54) is 137 Å².